The van der Waals surface area contributed by atoms with E-state index in [4.69, 9.17) is 5.73 Å². The maximum atomic E-state index is 12.3. The maximum absolute atomic E-state index is 12.3. The first-order valence-corrected chi connectivity index (χ1v) is 6.71. The fraction of sp³-hybridized carbons (Fsp3) is 0.133. The smallest absolute Gasteiger partial charge is 0.256 e. The number of nitrogens with two attached hydrogens (primary N) is 1. The lowest BCUT2D eigenvalue weighted by atomic mass is 10.0. The lowest BCUT2D eigenvalue weighted by Gasteiger charge is -2.11. The molecule has 0 fully saturated rings. The second kappa shape index (κ2) is 5.45. The molecule has 1 amide bonds. The maximum Gasteiger partial charge on any atom is 0.256 e. The van der Waals surface area contributed by atoms with Crippen molar-refractivity contribution in [1.29, 1.82) is 0 Å². The molecule has 0 aromatic heterocycles. The lowest BCUT2D eigenvalue weighted by Crippen LogP contribution is -2.15. The van der Waals surface area contributed by atoms with Crippen LogP contribution in [-0.4, -0.2) is 5.91 Å². The third-order valence-corrected chi connectivity index (χ3v) is 3.61. The molecule has 0 saturated carbocycles. The molecular formula is C15H15BrN2O. The molecule has 0 aliphatic heterocycles. The standard InChI is InChI=1S/C15H15BrN2O/c1-9-4-3-5-10(2)14(9)15(19)18-13-7-6-11(17)8-12(13)16/h3-8H,17H2,1-2H3,(H,18,19). The molecule has 19 heavy (non-hydrogen) atoms. The van der Waals surface area contributed by atoms with E-state index in [9.17, 15) is 4.79 Å². The third kappa shape index (κ3) is 2.96. The van der Waals surface area contributed by atoms with Gasteiger partial charge in [0, 0.05) is 15.7 Å². The number of carbonyl (C=O) groups is 1. The second-order valence-corrected chi connectivity index (χ2v) is 5.31. The van der Waals surface area contributed by atoms with Gasteiger partial charge < -0.3 is 11.1 Å². The molecular weight excluding hydrogens is 304 g/mol. The molecule has 0 aliphatic carbocycles. The summed E-state index contributed by atoms with van der Waals surface area (Å²) in [5.74, 6) is -0.110. The van der Waals surface area contributed by atoms with E-state index in [0.29, 0.717) is 16.9 Å². The van der Waals surface area contributed by atoms with E-state index in [1.54, 1.807) is 18.2 Å². The Bertz CT molecular complexity index is 618. The van der Waals surface area contributed by atoms with Crippen molar-refractivity contribution < 1.29 is 4.79 Å². The molecule has 2 rings (SSSR count). The summed E-state index contributed by atoms with van der Waals surface area (Å²) in [4.78, 5) is 12.3. The van der Waals surface area contributed by atoms with Crippen LogP contribution >= 0.6 is 15.9 Å². The van der Waals surface area contributed by atoms with E-state index in [0.717, 1.165) is 15.6 Å². The molecule has 4 heteroatoms. The van der Waals surface area contributed by atoms with Crippen LogP contribution in [0.2, 0.25) is 0 Å². The fourth-order valence-electron chi connectivity index (χ4n) is 1.99. The van der Waals surface area contributed by atoms with Gasteiger partial charge in [0.2, 0.25) is 0 Å². The number of nitrogens with one attached hydrogen (secondary N) is 1. The summed E-state index contributed by atoms with van der Waals surface area (Å²) in [7, 11) is 0. The Balaban J connectivity index is 2.31. The van der Waals surface area contributed by atoms with Gasteiger partial charge in [0.15, 0.2) is 0 Å². The number of hydrogen-bond donors (Lipinski definition) is 2. The minimum absolute atomic E-state index is 0.110. The minimum atomic E-state index is -0.110. The van der Waals surface area contributed by atoms with Crippen LogP contribution in [0.4, 0.5) is 11.4 Å². The van der Waals surface area contributed by atoms with Crippen LogP contribution in [0.3, 0.4) is 0 Å². The molecule has 0 bridgehead atoms. The Morgan fingerprint density at radius 1 is 1.16 bits per heavy atom. The Kier molecular flexibility index (Phi) is 3.90. The van der Waals surface area contributed by atoms with Gasteiger partial charge in [-0.1, -0.05) is 18.2 Å². The van der Waals surface area contributed by atoms with Crippen molar-refractivity contribution in [3.05, 3.63) is 57.6 Å². The van der Waals surface area contributed by atoms with Gasteiger partial charge in [-0.15, -0.1) is 0 Å². The van der Waals surface area contributed by atoms with Gasteiger partial charge >= 0.3 is 0 Å². The normalized spacial score (nSPS) is 10.3. The van der Waals surface area contributed by atoms with Crippen molar-refractivity contribution >= 4 is 33.2 Å². The molecule has 0 spiro atoms. The van der Waals surface area contributed by atoms with Gasteiger partial charge in [-0.2, -0.15) is 0 Å². The van der Waals surface area contributed by atoms with Crippen molar-refractivity contribution in [2.45, 2.75) is 13.8 Å². The largest absolute Gasteiger partial charge is 0.399 e. The van der Waals surface area contributed by atoms with Crippen molar-refractivity contribution in [2.24, 2.45) is 0 Å². The van der Waals surface area contributed by atoms with Gasteiger partial charge in [-0.05, 0) is 59.1 Å². The van der Waals surface area contributed by atoms with Gasteiger partial charge in [0.05, 0.1) is 5.69 Å². The van der Waals surface area contributed by atoms with Crippen LogP contribution < -0.4 is 11.1 Å². The van der Waals surface area contributed by atoms with Crippen molar-refractivity contribution in [3.8, 4) is 0 Å². The fourth-order valence-corrected chi connectivity index (χ4v) is 2.49. The van der Waals surface area contributed by atoms with Crippen molar-refractivity contribution in [3.63, 3.8) is 0 Å². The van der Waals surface area contributed by atoms with Gasteiger partial charge in [-0.3, -0.25) is 4.79 Å². The first-order valence-electron chi connectivity index (χ1n) is 5.91. The Hall–Kier alpha value is -1.81. The zero-order valence-electron chi connectivity index (χ0n) is 10.8. The summed E-state index contributed by atoms with van der Waals surface area (Å²) >= 11 is 3.39. The highest BCUT2D eigenvalue weighted by atomic mass is 79.9. The monoisotopic (exact) mass is 318 g/mol. The van der Waals surface area contributed by atoms with Crippen molar-refractivity contribution in [1.82, 2.24) is 0 Å². The molecule has 3 N–H and O–H groups in total. The average Bonchev–Trinajstić information content (AvgIpc) is 2.32. The minimum Gasteiger partial charge on any atom is -0.399 e. The highest BCUT2D eigenvalue weighted by Crippen LogP contribution is 2.25. The molecule has 2 aromatic carbocycles. The number of anilines is 2. The summed E-state index contributed by atoms with van der Waals surface area (Å²) in [5, 5.41) is 2.89. The van der Waals surface area contributed by atoms with E-state index >= 15 is 0 Å². The quantitative estimate of drug-likeness (QED) is 0.825. The first-order chi connectivity index (χ1) is 8.99. The lowest BCUT2D eigenvalue weighted by molar-refractivity contribution is 0.102. The number of rotatable bonds is 2. The molecule has 0 heterocycles. The summed E-state index contributed by atoms with van der Waals surface area (Å²) < 4.78 is 0.770. The summed E-state index contributed by atoms with van der Waals surface area (Å²) in [5.41, 5.74) is 9.67. The molecule has 3 nitrogen and oxygen atoms in total. The summed E-state index contributed by atoms with van der Waals surface area (Å²) in [6, 6.07) is 11.1. The average molecular weight is 319 g/mol. The topological polar surface area (TPSA) is 55.1 Å². The molecule has 98 valence electrons. The number of benzene rings is 2. The summed E-state index contributed by atoms with van der Waals surface area (Å²) in [6.45, 7) is 3.86. The van der Waals surface area contributed by atoms with E-state index < -0.39 is 0 Å². The van der Waals surface area contributed by atoms with Crippen LogP contribution in [0.1, 0.15) is 21.5 Å². The first kappa shape index (κ1) is 13.6. The predicted octanol–water partition coefficient (Wildman–Crippen LogP) is 3.90. The Morgan fingerprint density at radius 3 is 2.37 bits per heavy atom. The molecule has 0 aliphatic rings. The molecule has 0 saturated heterocycles. The van der Waals surface area contributed by atoms with Crippen LogP contribution in [-0.2, 0) is 0 Å². The number of amides is 1. The van der Waals surface area contributed by atoms with E-state index in [2.05, 4.69) is 21.2 Å². The SMILES string of the molecule is Cc1cccc(C)c1C(=O)Nc1ccc(N)cc1Br. The molecule has 2 aromatic rings. The third-order valence-electron chi connectivity index (χ3n) is 2.95. The van der Waals surface area contributed by atoms with Crippen LogP contribution in [0.15, 0.2) is 40.9 Å². The molecule has 0 unspecified atom stereocenters. The number of carbonyl (C=O) groups excluding carboxylic acids is 1. The number of aryl methyl sites for hydroxylation is 2. The number of nitrogen functional groups attached to an aromatic ring is 1. The molecule has 0 radical (unpaired) electrons. The van der Waals surface area contributed by atoms with Crippen molar-refractivity contribution in [2.75, 3.05) is 11.1 Å². The zero-order valence-corrected chi connectivity index (χ0v) is 12.4. The Labute approximate surface area is 121 Å². The van der Waals surface area contributed by atoms with Crippen LogP contribution in [0.25, 0.3) is 0 Å². The highest BCUT2D eigenvalue weighted by molar-refractivity contribution is 9.10. The van der Waals surface area contributed by atoms with Gasteiger partial charge in [0.1, 0.15) is 0 Å². The van der Waals surface area contributed by atoms with Gasteiger partial charge in [0.25, 0.3) is 5.91 Å². The molecule has 0 atom stereocenters. The van der Waals surface area contributed by atoms with Gasteiger partial charge in [-0.25, -0.2) is 0 Å². The zero-order chi connectivity index (χ0) is 14.0. The highest BCUT2D eigenvalue weighted by Gasteiger charge is 2.13. The van der Waals surface area contributed by atoms with E-state index in [1.807, 2.05) is 32.0 Å². The van der Waals surface area contributed by atoms with Crippen LogP contribution in [0.5, 0.6) is 0 Å². The predicted molar refractivity (Wildman–Crippen MR) is 82.4 cm³/mol. The second-order valence-electron chi connectivity index (χ2n) is 4.46. The Morgan fingerprint density at radius 2 is 1.79 bits per heavy atom. The van der Waals surface area contributed by atoms with E-state index in [1.165, 1.54) is 0 Å². The van der Waals surface area contributed by atoms with E-state index in [-0.39, 0.29) is 5.91 Å². The summed E-state index contributed by atoms with van der Waals surface area (Å²) in [6.07, 6.45) is 0. The number of halogens is 1. The number of hydrogen-bond acceptors (Lipinski definition) is 2. The van der Waals surface area contributed by atoms with Crippen LogP contribution in [0, 0.1) is 13.8 Å².